The van der Waals surface area contributed by atoms with Gasteiger partial charge < -0.3 is 10.2 Å². The van der Waals surface area contributed by atoms with Crippen LogP contribution in [0.15, 0.2) is 0 Å². The summed E-state index contributed by atoms with van der Waals surface area (Å²) >= 11 is 0. The van der Waals surface area contributed by atoms with Gasteiger partial charge in [-0.15, -0.1) is 0 Å². The normalized spacial score (nSPS) is 24.5. The Balaban J connectivity index is 2.40. The second-order valence-electron chi connectivity index (χ2n) is 9.37. The molecule has 2 N–H and O–H groups in total. The van der Waals surface area contributed by atoms with E-state index in [-0.39, 0.29) is 0 Å². The summed E-state index contributed by atoms with van der Waals surface area (Å²) < 4.78 is 0. The predicted molar refractivity (Wildman–Crippen MR) is 119 cm³/mol. The second-order valence-corrected chi connectivity index (χ2v) is 9.37. The van der Waals surface area contributed by atoms with Crippen LogP contribution in [0.25, 0.3) is 0 Å². The van der Waals surface area contributed by atoms with Crippen LogP contribution in [-0.4, -0.2) is 22.2 Å². The van der Waals surface area contributed by atoms with Crippen LogP contribution in [0.1, 0.15) is 136 Å². The standard InChI is InChI=1S/C25H46O4/c1-3-5-6-7-8-9-10-11-12-13-14-15-19-25(23(28)29)21-17-16-20-24(25,18-4-2)22(26)27/h3-21H2,1-2H3,(H,26,27)(H,28,29). The van der Waals surface area contributed by atoms with Crippen molar-refractivity contribution in [3.63, 3.8) is 0 Å². The number of hydrogen-bond donors (Lipinski definition) is 2. The fourth-order valence-electron chi connectivity index (χ4n) is 5.59. The summed E-state index contributed by atoms with van der Waals surface area (Å²) in [6.07, 6.45) is 19.3. The molecule has 2 atom stereocenters. The Morgan fingerprint density at radius 2 is 0.966 bits per heavy atom. The molecule has 0 bridgehead atoms. The van der Waals surface area contributed by atoms with E-state index in [0.717, 1.165) is 38.5 Å². The molecule has 29 heavy (non-hydrogen) atoms. The van der Waals surface area contributed by atoms with Gasteiger partial charge >= 0.3 is 11.9 Å². The zero-order valence-electron chi connectivity index (χ0n) is 19.1. The molecule has 1 rings (SSSR count). The summed E-state index contributed by atoms with van der Waals surface area (Å²) in [5, 5.41) is 20.1. The van der Waals surface area contributed by atoms with Crippen LogP contribution in [-0.2, 0) is 9.59 Å². The fourth-order valence-corrected chi connectivity index (χ4v) is 5.59. The maximum Gasteiger partial charge on any atom is 0.310 e. The van der Waals surface area contributed by atoms with Gasteiger partial charge in [0.05, 0.1) is 10.8 Å². The summed E-state index contributed by atoms with van der Waals surface area (Å²) in [6, 6.07) is 0. The summed E-state index contributed by atoms with van der Waals surface area (Å²) in [5.41, 5.74) is -2.16. The van der Waals surface area contributed by atoms with Crippen LogP contribution in [0.3, 0.4) is 0 Å². The zero-order chi connectivity index (χ0) is 21.6. The molecule has 2 unspecified atom stereocenters. The van der Waals surface area contributed by atoms with Gasteiger partial charge in [0.2, 0.25) is 0 Å². The lowest BCUT2D eigenvalue weighted by Gasteiger charge is -2.48. The predicted octanol–water partition coefficient (Wildman–Crippen LogP) is 7.59. The molecule has 0 amide bonds. The van der Waals surface area contributed by atoms with Gasteiger partial charge in [-0.05, 0) is 25.7 Å². The van der Waals surface area contributed by atoms with E-state index in [1.54, 1.807) is 0 Å². The Hall–Kier alpha value is -1.06. The topological polar surface area (TPSA) is 74.6 Å². The maximum atomic E-state index is 12.3. The molecular formula is C25H46O4. The minimum absolute atomic E-state index is 0.479. The Bertz CT molecular complexity index is 471. The lowest BCUT2D eigenvalue weighted by molar-refractivity contribution is -0.182. The highest BCUT2D eigenvalue weighted by molar-refractivity contribution is 5.87. The SMILES string of the molecule is CCCCCCCCCCCCCCC1(C(=O)O)CCCCC1(CCC)C(=O)O. The lowest BCUT2D eigenvalue weighted by Crippen LogP contribution is -2.54. The van der Waals surface area contributed by atoms with Crippen LogP contribution in [0.2, 0.25) is 0 Å². The number of unbranched alkanes of at least 4 members (excludes halogenated alkanes) is 11. The highest BCUT2D eigenvalue weighted by atomic mass is 16.4. The van der Waals surface area contributed by atoms with Gasteiger partial charge in [-0.3, -0.25) is 9.59 Å². The minimum atomic E-state index is -1.08. The number of aliphatic carboxylic acids is 2. The van der Waals surface area contributed by atoms with Crippen molar-refractivity contribution in [1.29, 1.82) is 0 Å². The van der Waals surface area contributed by atoms with Crippen molar-refractivity contribution in [3.05, 3.63) is 0 Å². The van der Waals surface area contributed by atoms with Crippen molar-refractivity contribution in [1.82, 2.24) is 0 Å². The molecule has 1 saturated carbocycles. The quantitative estimate of drug-likeness (QED) is 0.242. The van der Waals surface area contributed by atoms with Gasteiger partial charge in [0, 0.05) is 0 Å². The smallest absolute Gasteiger partial charge is 0.310 e. The fraction of sp³-hybridized carbons (Fsp3) is 0.920. The Morgan fingerprint density at radius 1 is 0.586 bits per heavy atom. The summed E-state index contributed by atoms with van der Waals surface area (Å²) in [5.74, 6) is -1.77. The van der Waals surface area contributed by atoms with Gasteiger partial charge in [0.15, 0.2) is 0 Å². The van der Waals surface area contributed by atoms with Crippen LogP contribution >= 0.6 is 0 Å². The molecule has 1 fully saturated rings. The van der Waals surface area contributed by atoms with Gasteiger partial charge in [-0.1, -0.05) is 110 Å². The third-order valence-corrected chi connectivity index (χ3v) is 7.33. The lowest BCUT2D eigenvalue weighted by atomic mass is 9.52. The van der Waals surface area contributed by atoms with Crippen molar-refractivity contribution in [2.45, 2.75) is 136 Å². The first-order chi connectivity index (χ1) is 14.0. The molecule has 1 aliphatic rings. The summed E-state index contributed by atoms with van der Waals surface area (Å²) in [7, 11) is 0. The molecule has 4 nitrogen and oxygen atoms in total. The van der Waals surface area contributed by atoms with E-state index in [1.807, 2.05) is 6.92 Å². The van der Waals surface area contributed by atoms with E-state index < -0.39 is 22.8 Å². The largest absolute Gasteiger partial charge is 0.481 e. The Morgan fingerprint density at radius 3 is 1.34 bits per heavy atom. The average Bonchev–Trinajstić information content (AvgIpc) is 2.69. The molecule has 0 heterocycles. The molecule has 4 heteroatoms. The molecule has 0 radical (unpaired) electrons. The Kier molecular flexibility index (Phi) is 12.6. The third kappa shape index (κ3) is 7.29. The highest BCUT2D eigenvalue weighted by Crippen LogP contribution is 2.56. The molecule has 0 aromatic carbocycles. The number of rotatable bonds is 17. The maximum absolute atomic E-state index is 12.3. The Labute approximate surface area is 178 Å². The van der Waals surface area contributed by atoms with E-state index >= 15 is 0 Å². The van der Waals surface area contributed by atoms with Gasteiger partial charge in [0.1, 0.15) is 0 Å². The highest BCUT2D eigenvalue weighted by Gasteiger charge is 2.60. The van der Waals surface area contributed by atoms with Crippen LogP contribution < -0.4 is 0 Å². The monoisotopic (exact) mass is 410 g/mol. The first-order valence-electron chi connectivity index (χ1n) is 12.4. The molecular weight excluding hydrogens is 364 g/mol. The molecule has 1 aliphatic carbocycles. The van der Waals surface area contributed by atoms with Crippen molar-refractivity contribution in [2.24, 2.45) is 10.8 Å². The van der Waals surface area contributed by atoms with E-state index in [1.165, 1.54) is 57.8 Å². The first kappa shape index (κ1) is 26.0. The van der Waals surface area contributed by atoms with Crippen LogP contribution in [0.5, 0.6) is 0 Å². The van der Waals surface area contributed by atoms with Crippen molar-refractivity contribution in [3.8, 4) is 0 Å². The summed E-state index contributed by atoms with van der Waals surface area (Å²) in [4.78, 5) is 24.6. The van der Waals surface area contributed by atoms with E-state index in [2.05, 4.69) is 6.92 Å². The van der Waals surface area contributed by atoms with Crippen molar-refractivity contribution in [2.75, 3.05) is 0 Å². The molecule has 0 saturated heterocycles. The van der Waals surface area contributed by atoms with Crippen molar-refractivity contribution < 1.29 is 19.8 Å². The molecule has 0 spiro atoms. The third-order valence-electron chi connectivity index (χ3n) is 7.33. The molecule has 0 aliphatic heterocycles. The summed E-state index contributed by atoms with van der Waals surface area (Å²) in [6.45, 7) is 4.22. The van der Waals surface area contributed by atoms with Gasteiger partial charge in [-0.25, -0.2) is 0 Å². The van der Waals surface area contributed by atoms with Crippen LogP contribution in [0.4, 0.5) is 0 Å². The number of carboxylic acids is 2. The number of carboxylic acid groups (broad SMARTS) is 2. The van der Waals surface area contributed by atoms with Crippen molar-refractivity contribution >= 4 is 11.9 Å². The zero-order valence-corrected chi connectivity index (χ0v) is 19.1. The molecule has 0 aromatic rings. The molecule has 170 valence electrons. The van der Waals surface area contributed by atoms with Gasteiger partial charge in [-0.2, -0.15) is 0 Å². The van der Waals surface area contributed by atoms with E-state index in [9.17, 15) is 19.8 Å². The number of carbonyl (C=O) groups is 2. The molecule has 0 aromatic heterocycles. The first-order valence-corrected chi connectivity index (χ1v) is 12.4. The van der Waals surface area contributed by atoms with Gasteiger partial charge in [0.25, 0.3) is 0 Å². The van der Waals surface area contributed by atoms with E-state index in [4.69, 9.17) is 0 Å². The van der Waals surface area contributed by atoms with Crippen LogP contribution in [0, 0.1) is 10.8 Å². The number of hydrogen-bond acceptors (Lipinski definition) is 2. The second kappa shape index (κ2) is 14.0. The van der Waals surface area contributed by atoms with E-state index in [0.29, 0.717) is 25.7 Å². The average molecular weight is 411 g/mol. The minimum Gasteiger partial charge on any atom is -0.481 e.